The first-order valence-electron chi connectivity index (χ1n) is 10.0. The predicted molar refractivity (Wildman–Crippen MR) is 115 cm³/mol. The van der Waals surface area contributed by atoms with Gasteiger partial charge in [0.15, 0.2) is 10.9 Å². The Balaban J connectivity index is 1.43. The van der Waals surface area contributed by atoms with Crippen LogP contribution in [0.1, 0.15) is 34.7 Å². The second-order valence-electron chi connectivity index (χ2n) is 7.31. The lowest BCUT2D eigenvalue weighted by Gasteiger charge is -2.17. The van der Waals surface area contributed by atoms with E-state index >= 15 is 0 Å². The van der Waals surface area contributed by atoms with E-state index in [0.29, 0.717) is 11.6 Å². The molecule has 1 fully saturated rings. The minimum Gasteiger partial charge on any atom is -0.459 e. The summed E-state index contributed by atoms with van der Waals surface area (Å²) in [5.74, 6) is -0.561. The van der Waals surface area contributed by atoms with E-state index < -0.39 is 11.9 Å². The third-order valence-electron chi connectivity index (χ3n) is 5.02. The molecule has 0 spiro atoms. The highest BCUT2D eigenvalue weighted by Crippen LogP contribution is 2.19. The Hall–Kier alpha value is -2.97. The molecule has 1 aliphatic rings. The third-order valence-corrected chi connectivity index (χ3v) is 5.82. The average Bonchev–Trinajstić information content (AvgIpc) is 3.52. The van der Waals surface area contributed by atoms with Crippen molar-refractivity contribution in [3.8, 4) is 0 Å². The van der Waals surface area contributed by atoms with Crippen LogP contribution < -0.4 is 10.6 Å². The van der Waals surface area contributed by atoms with E-state index in [4.69, 9.17) is 4.42 Å². The summed E-state index contributed by atoms with van der Waals surface area (Å²) in [6.07, 6.45) is 4.25. The fourth-order valence-corrected chi connectivity index (χ4v) is 4.20. The molecule has 0 saturated carbocycles. The number of furan rings is 1. The van der Waals surface area contributed by atoms with Gasteiger partial charge in [-0.3, -0.25) is 14.5 Å². The molecule has 4 rings (SSSR count). The first-order chi connectivity index (χ1) is 14.7. The van der Waals surface area contributed by atoms with Crippen LogP contribution >= 0.6 is 11.3 Å². The number of benzene rings is 1. The number of likely N-dealkylation sites (tertiary alicyclic amines) is 1. The number of nitrogens with zero attached hydrogens (tertiary/aromatic N) is 2. The minimum atomic E-state index is -0.754. The van der Waals surface area contributed by atoms with Gasteiger partial charge in [0.2, 0.25) is 5.91 Å². The lowest BCUT2D eigenvalue weighted by molar-refractivity contribution is -0.118. The maximum absolute atomic E-state index is 13.0. The first kappa shape index (κ1) is 20.3. The Kier molecular flexibility index (Phi) is 6.56. The fourth-order valence-electron chi connectivity index (χ4n) is 3.50. The van der Waals surface area contributed by atoms with Gasteiger partial charge in [0.1, 0.15) is 6.04 Å². The Morgan fingerprint density at radius 1 is 1.13 bits per heavy atom. The van der Waals surface area contributed by atoms with Gasteiger partial charge < -0.3 is 15.1 Å². The molecule has 156 valence electrons. The molecule has 0 radical (unpaired) electrons. The molecule has 7 nitrogen and oxygen atoms in total. The summed E-state index contributed by atoms with van der Waals surface area (Å²) >= 11 is 1.40. The topological polar surface area (TPSA) is 87.5 Å². The van der Waals surface area contributed by atoms with Crippen LogP contribution in [0.15, 0.2) is 58.5 Å². The number of thiazole rings is 1. The number of hydrogen-bond acceptors (Lipinski definition) is 6. The quantitative estimate of drug-likeness (QED) is 0.579. The number of anilines is 1. The van der Waals surface area contributed by atoms with Crippen LogP contribution in [0.25, 0.3) is 0 Å². The van der Waals surface area contributed by atoms with Crippen molar-refractivity contribution in [1.82, 2.24) is 15.2 Å². The molecule has 1 aromatic carbocycles. The summed E-state index contributed by atoms with van der Waals surface area (Å²) in [4.78, 5) is 32.3. The van der Waals surface area contributed by atoms with E-state index in [-0.39, 0.29) is 11.7 Å². The molecule has 1 aliphatic heterocycles. The molecule has 2 aromatic heterocycles. The smallest absolute Gasteiger partial charge is 0.287 e. The highest BCUT2D eigenvalue weighted by Gasteiger charge is 2.24. The maximum Gasteiger partial charge on any atom is 0.287 e. The van der Waals surface area contributed by atoms with E-state index in [9.17, 15) is 9.59 Å². The Morgan fingerprint density at radius 2 is 1.93 bits per heavy atom. The van der Waals surface area contributed by atoms with Crippen LogP contribution in [-0.4, -0.2) is 40.8 Å². The fraction of sp³-hybridized carbons (Fsp3) is 0.318. The number of nitrogens with one attached hydrogen (secondary N) is 2. The van der Waals surface area contributed by atoms with E-state index in [1.807, 2.05) is 35.7 Å². The molecule has 3 heterocycles. The maximum atomic E-state index is 13.0. The molecule has 30 heavy (non-hydrogen) atoms. The molecular formula is C22H24N4O3S. The van der Waals surface area contributed by atoms with Crippen molar-refractivity contribution in [2.45, 2.75) is 31.8 Å². The van der Waals surface area contributed by atoms with Crippen molar-refractivity contribution in [3.63, 3.8) is 0 Å². The zero-order valence-electron chi connectivity index (χ0n) is 16.5. The summed E-state index contributed by atoms with van der Waals surface area (Å²) in [6, 6.07) is 12.0. The van der Waals surface area contributed by atoms with E-state index in [1.54, 1.807) is 12.1 Å². The number of carbonyl (C=O) groups excluding carboxylic acids is 2. The zero-order chi connectivity index (χ0) is 20.8. The van der Waals surface area contributed by atoms with Crippen LogP contribution in [0.3, 0.4) is 0 Å². The monoisotopic (exact) mass is 424 g/mol. The molecule has 2 amide bonds. The lowest BCUT2D eigenvalue weighted by Crippen LogP contribution is -2.45. The van der Waals surface area contributed by atoms with Gasteiger partial charge >= 0.3 is 0 Å². The van der Waals surface area contributed by atoms with Gasteiger partial charge in [0.05, 0.1) is 12.0 Å². The van der Waals surface area contributed by atoms with Gasteiger partial charge in [-0.15, -0.1) is 11.3 Å². The molecule has 1 unspecified atom stereocenters. The summed E-state index contributed by atoms with van der Waals surface area (Å²) in [5.41, 5.74) is 1.91. The van der Waals surface area contributed by atoms with Crippen LogP contribution in [0, 0.1) is 0 Å². The molecule has 3 aromatic rings. The Labute approximate surface area is 179 Å². The predicted octanol–water partition coefficient (Wildman–Crippen LogP) is 3.31. The Bertz CT molecular complexity index is 965. The highest BCUT2D eigenvalue weighted by molar-refractivity contribution is 7.13. The van der Waals surface area contributed by atoms with Gasteiger partial charge in [0.25, 0.3) is 5.91 Å². The number of hydrogen-bond donors (Lipinski definition) is 2. The summed E-state index contributed by atoms with van der Waals surface area (Å²) in [5, 5.41) is 8.16. The van der Waals surface area contributed by atoms with Crippen LogP contribution in [0.5, 0.6) is 0 Å². The van der Waals surface area contributed by atoms with Gasteiger partial charge in [0, 0.05) is 18.3 Å². The van der Waals surface area contributed by atoms with Gasteiger partial charge in [-0.2, -0.15) is 0 Å². The summed E-state index contributed by atoms with van der Waals surface area (Å²) in [6.45, 7) is 2.99. The molecule has 0 bridgehead atoms. The SMILES string of the molecule is O=C(NC(Cc1ccccc1)C(=O)Nc1nc(CN2CCCC2)cs1)c1ccco1. The number of aromatic nitrogens is 1. The molecule has 2 N–H and O–H groups in total. The van der Waals surface area contributed by atoms with Crippen molar-refractivity contribution in [3.05, 3.63) is 71.1 Å². The van der Waals surface area contributed by atoms with Gasteiger partial charge in [-0.25, -0.2) is 4.98 Å². The molecule has 1 saturated heterocycles. The average molecular weight is 425 g/mol. The number of rotatable bonds is 8. The first-order valence-corrected chi connectivity index (χ1v) is 10.9. The Morgan fingerprint density at radius 3 is 2.67 bits per heavy atom. The molecule has 8 heteroatoms. The van der Waals surface area contributed by atoms with Gasteiger partial charge in [-0.05, 0) is 43.6 Å². The zero-order valence-corrected chi connectivity index (χ0v) is 17.4. The number of carbonyl (C=O) groups is 2. The standard InChI is InChI=1S/C22H24N4O3S/c27-20(25-22-23-17(15-30-22)14-26-10-4-5-11-26)18(13-16-7-2-1-3-8-16)24-21(28)19-9-6-12-29-19/h1-3,6-9,12,15,18H,4-5,10-11,13-14H2,(H,24,28)(H,23,25,27). The van der Waals surface area contributed by atoms with Crippen molar-refractivity contribution in [2.24, 2.45) is 0 Å². The van der Waals surface area contributed by atoms with Crippen molar-refractivity contribution >= 4 is 28.3 Å². The highest BCUT2D eigenvalue weighted by atomic mass is 32.1. The summed E-state index contributed by atoms with van der Waals surface area (Å²) < 4.78 is 5.15. The molecule has 0 aliphatic carbocycles. The van der Waals surface area contributed by atoms with Crippen LogP contribution in [0.4, 0.5) is 5.13 Å². The van der Waals surface area contributed by atoms with Crippen molar-refractivity contribution in [2.75, 3.05) is 18.4 Å². The van der Waals surface area contributed by atoms with E-state index in [1.165, 1.54) is 30.4 Å². The van der Waals surface area contributed by atoms with Crippen molar-refractivity contribution < 1.29 is 14.0 Å². The van der Waals surface area contributed by atoms with Crippen LogP contribution in [-0.2, 0) is 17.8 Å². The van der Waals surface area contributed by atoms with Crippen molar-refractivity contribution in [1.29, 1.82) is 0 Å². The third kappa shape index (κ3) is 5.34. The molecule has 1 atom stereocenters. The van der Waals surface area contributed by atoms with Crippen LogP contribution in [0.2, 0.25) is 0 Å². The lowest BCUT2D eigenvalue weighted by atomic mass is 10.1. The second kappa shape index (κ2) is 9.69. The second-order valence-corrected chi connectivity index (χ2v) is 8.17. The van der Waals surface area contributed by atoms with Gasteiger partial charge in [-0.1, -0.05) is 30.3 Å². The minimum absolute atomic E-state index is 0.169. The normalized spacial score (nSPS) is 15.1. The van der Waals surface area contributed by atoms with E-state index in [2.05, 4.69) is 20.5 Å². The largest absolute Gasteiger partial charge is 0.459 e. The summed E-state index contributed by atoms with van der Waals surface area (Å²) in [7, 11) is 0. The number of amides is 2. The van der Waals surface area contributed by atoms with E-state index in [0.717, 1.165) is 30.9 Å². The molecular weight excluding hydrogens is 400 g/mol.